The van der Waals surface area contributed by atoms with E-state index in [2.05, 4.69) is 24.0 Å². The van der Waals surface area contributed by atoms with E-state index < -0.39 is 0 Å². The van der Waals surface area contributed by atoms with E-state index in [1.807, 2.05) is 39.0 Å². The standard InChI is InChI=1S/C19H26N2O2/c1-5-7-13-17-20-14(3)18(19(22)23-6-2)15(4)21(17)16-11-9-8-10-12-16/h8-12,15H,5-7,13H2,1-4H3. The van der Waals surface area contributed by atoms with Crippen molar-refractivity contribution in [3.63, 3.8) is 0 Å². The van der Waals surface area contributed by atoms with Crippen LogP contribution in [0.15, 0.2) is 46.6 Å². The molecule has 0 N–H and O–H groups in total. The number of hydrogen-bond acceptors (Lipinski definition) is 4. The Bertz CT molecular complexity index is 605. The molecule has 2 rings (SSSR count). The number of benzene rings is 1. The summed E-state index contributed by atoms with van der Waals surface area (Å²) in [6, 6.07) is 10.0. The molecular weight excluding hydrogens is 288 g/mol. The Morgan fingerprint density at radius 1 is 1.26 bits per heavy atom. The number of ether oxygens (including phenoxy) is 1. The second-order valence-electron chi connectivity index (χ2n) is 5.73. The molecule has 1 aliphatic heterocycles. The Labute approximate surface area is 138 Å². The van der Waals surface area contributed by atoms with Crippen LogP contribution in [0.1, 0.15) is 47.0 Å². The molecule has 4 heteroatoms. The van der Waals surface area contributed by atoms with Gasteiger partial charge in [0.25, 0.3) is 0 Å². The zero-order valence-electron chi connectivity index (χ0n) is 14.5. The van der Waals surface area contributed by atoms with Crippen molar-refractivity contribution in [3.05, 3.63) is 41.6 Å². The van der Waals surface area contributed by atoms with Crippen molar-refractivity contribution < 1.29 is 9.53 Å². The number of amidine groups is 1. The maximum atomic E-state index is 12.3. The molecule has 23 heavy (non-hydrogen) atoms. The average Bonchev–Trinajstić information content (AvgIpc) is 2.53. The Kier molecular flexibility index (Phi) is 5.97. The highest BCUT2D eigenvalue weighted by Gasteiger charge is 2.32. The summed E-state index contributed by atoms with van der Waals surface area (Å²) < 4.78 is 5.23. The van der Waals surface area contributed by atoms with Crippen LogP contribution >= 0.6 is 0 Å². The van der Waals surface area contributed by atoms with Gasteiger partial charge in [0, 0.05) is 12.1 Å². The molecule has 4 nitrogen and oxygen atoms in total. The van der Waals surface area contributed by atoms with Crippen LogP contribution in [-0.4, -0.2) is 24.5 Å². The van der Waals surface area contributed by atoms with Gasteiger partial charge in [0.15, 0.2) is 0 Å². The SMILES string of the molecule is CCCCC1=NC(C)=C(C(=O)OCC)C(C)N1c1ccccc1. The molecule has 0 bridgehead atoms. The second-order valence-corrected chi connectivity index (χ2v) is 5.73. The lowest BCUT2D eigenvalue weighted by atomic mass is 10.0. The van der Waals surface area contributed by atoms with Crippen LogP contribution in [0.4, 0.5) is 5.69 Å². The predicted molar refractivity (Wildman–Crippen MR) is 94.7 cm³/mol. The molecule has 1 unspecified atom stereocenters. The molecule has 0 amide bonds. The Morgan fingerprint density at radius 2 is 1.96 bits per heavy atom. The van der Waals surface area contributed by atoms with E-state index in [1.165, 1.54) is 0 Å². The summed E-state index contributed by atoms with van der Waals surface area (Å²) >= 11 is 0. The van der Waals surface area contributed by atoms with Gasteiger partial charge in [0.1, 0.15) is 5.84 Å². The molecule has 1 aromatic rings. The normalized spacial score (nSPS) is 18.0. The van der Waals surface area contributed by atoms with E-state index in [9.17, 15) is 4.79 Å². The smallest absolute Gasteiger partial charge is 0.337 e. The van der Waals surface area contributed by atoms with Crippen molar-refractivity contribution in [1.29, 1.82) is 0 Å². The number of esters is 1. The molecule has 0 spiro atoms. The summed E-state index contributed by atoms with van der Waals surface area (Å²) in [5, 5.41) is 0. The van der Waals surface area contributed by atoms with Gasteiger partial charge in [-0.15, -0.1) is 0 Å². The van der Waals surface area contributed by atoms with Gasteiger partial charge in [-0.2, -0.15) is 0 Å². The lowest BCUT2D eigenvalue weighted by Gasteiger charge is -2.36. The van der Waals surface area contributed by atoms with E-state index in [4.69, 9.17) is 9.73 Å². The maximum absolute atomic E-state index is 12.3. The third-order valence-corrected chi connectivity index (χ3v) is 4.05. The fraction of sp³-hybridized carbons (Fsp3) is 0.474. The van der Waals surface area contributed by atoms with E-state index in [1.54, 1.807) is 0 Å². The summed E-state index contributed by atoms with van der Waals surface area (Å²) in [6.45, 7) is 8.32. The van der Waals surface area contributed by atoms with E-state index in [0.717, 1.165) is 36.5 Å². The van der Waals surface area contributed by atoms with Crippen LogP contribution in [0.25, 0.3) is 0 Å². The molecule has 0 aromatic heterocycles. The van der Waals surface area contributed by atoms with Gasteiger partial charge < -0.3 is 9.64 Å². The third kappa shape index (κ3) is 3.81. The maximum Gasteiger partial charge on any atom is 0.337 e. The number of nitrogens with zero attached hydrogens (tertiary/aromatic N) is 2. The minimum Gasteiger partial charge on any atom is -0.463 e. The topological polar surface area (TPSA) is 41.9 Å². The van der Waals surface area contributed by atoms with Crippen LogP contribution in [0.3, 0.4) is 0 Å². The lowest BCUT2D eigenvalue weighted by molar-refractivity contribution is -0.138. The highest BCUT2D eigenvalue weighted by molar-refractivity contribution is 6.04. The Hall–Kier alpha value is -2.10. The van der Waals surface area contributed by atoms with Crippen LogP contribution < -0.4 is 4.90 Å². The van der Waals surface area contributed by atoms with Crippen LogP contribution in [0.2, 0.25) is 0 Å². The number of carbonyl (C=O) groups excluding carboxylic acids is 1. The molecule has 1 atom stereocenters. The van der Waals surface area contributed by atoms with Gasteiger partial charge in [0.05, 0.1) is 23.9 Å². The van der Waals surface area contributed by atoms with Gasteiger partial charge in [0.2, 0.25) is 0 Å². The molecule has 0 fully saturated rings. The summed E-state index contributed by atoms with van der Waals surface area (Å²) in [5.74, 6) is 0.757. The van der Waals surface area contributed by atoms with E-state index in [0.29, 0.717) is 12.2 Å². The molecule has 0 saturated heterocycles. The van der Waals surface area contributed by atoms with Crippen LogP contribution in [-0.2, 0) is 9.53 Å². The number of rotatable bonds is 6. The minimum absolute atomic E-state index is 0.0826. The largest absolute Gasteiger partial charge is 0.463 e. The first kappa shape index (κ1) is 17.3. The number of aliphatic imine (C=N–C) groups is 1. The number of allylic oxidation sites excluding steroid dienone is 1. The molecule has 1 heterocycles. The van der Waals surface area contributed by atoms with E-state index >= 15 is 0 Å². The molecule has 1 aromatic carbocycles. The number of para-hydroxylation sites is 1. The number of carbonyl (C=O) groups is 1. The Balaban J connectivity index is 2.43. The monoisotopic (exact) mass is 314 g/mol. The van der Waals surface area contributed by atoms with Gasteiger partial charge in [-0.3, -0.25) is 0 Å². The fourth-order valence-corrected chi connectivity index (χ4v) is 2.96. The highest BCUT2D eigenvalue weighted by atomic mass is 16.5. The lowest BCUT2D eigenvalue weighted by Crippen LogP contribution is -2.44. The van der Waals surface area contributed by atoms with Crippen LogP contribution in [0.5, 0.6) is 0 Å². The summed E-state index contributed by atoms with van der Waals surface area (Å²) in [6.07, 6.45) is 3.10. The molecule has 0 aliphatic carbocycles. The third-order valence-electron chi connectivity index (χ3n) is 4.05. The number of unbranched alkanes of at least 4 members (excludes halogenated alkanes) is 1. The first-order valence-electron chi connectivity index (χ1n) is 8.39. The number of hydrogen-bond donors (Lipinski definition) is 0. The quantitative estimate of drug-likeness (QED) is 0.734. The van der Waals surface area contributed by atoms with E-state index in [-0.39, 0.29) is 12.0 Å². The molecule has 124 valence electrons. The van der Waals surface area contributed by atoms with Gasteiger partial charge in [-0.25, -0.2) is 9.79 Å². The molecule has 0 radical (unpaired) electrons. The highest BCUT2D eigenvalue weighted by Crippen LogP contribution is 2.30. The molecule has 1 aliphatic rings. The summed E-state index contributed by atoms with van der Waals surface area (Å²) in [7, 11) is 0. The summed E-state index contributed by atoms with van der Waals surface area (Å²) in [4.78, 5) is 19.2. The zero-order chi connectivity index (χ0) is 16.8. The predicted octanol–water partition coefficient (Wildman–Crippen LogP) is 4.32. The van der Waals surface area contributed by atoms with Crippen molar-refractivity contribution >= 4 is 17.5 Å². The number of anilines is 1. The summed E-state index contributed by atoms with van der Waals surface area (Å²) in [5.41, 5.74) is 2.48. The molecule has 0 saturated carbocycles. The van der Waals surface area contributed by atoms with Crippen molar-refractivity contribution in [1.82, 2.24) is 0 Å². The van der Waals surface area contributed by atoms with Crippen molar-refractivity contribution in [3.8, 4) is 0 Å². The zero-order valence-corrected chi connectivity index (χ0v) is 14.5. The fourth-order valence-electron chi connectivity index (χ4n) is 2.96. The van der Waals surface area contributed by atoms with Gasteiger partial charge in [-0.1, -0.05) is 31.5 Å². The van der Waals surface area contributed by atoms with Crippen molar-refractivity contribution in [2.45, 2.75) is 53.0 Å². The average molecular weight is 314 g/mol. The van der Waals surface area contributed by atoms with Crippen molar-refractivity contribution in [2.75, 3.05) is 11.5 Å². The van der Waals surface area contributed by atoms with Gasteiger partial charge >= 0.3 is 5.97 Å². The minimum atomic E-state index is -0.267. The Morgan fingerprint density at radius 3 is 2.57 bits per heavy atom. The van der Waals surface area contributed by atoms with Crippen LogP contribution in [0, 0.1) is 0 Å². The second kappa shape index (κ2) is 7.95. The molecular formula is C19H26N2O2. The first-order valence-corrected chi connectivity index (χ1v) is 8.39. The first-order chi connectivity index (χ1) is 11.1. The van der Waals surface area contributed by atoms with Gasteiger partial charge in [-0.05, 0) is 39.3 Å². The van der Waals surface area contributed by atoms with Crippen molar-refractivity contribution in [2.24, 2.45) is 4.99 Å².